The molecule has 0 atom stereocenters. The zero-order valence-electron chi connectivity index (χ0n) is 5.98. The number of rotatable bonds is 1. The lowest BCUT2D eigenvalue weighted by Crippen LogP contribution is -2.09. The highest BCUT2D eigenvalue weighted by Crippen LogP contribution is 2.31. The van der Waals surface area contributed by atoms with E-state index < -0.39 is 11.5 Å². The molecule has 0 spiro atoms. The van der Waals surface area contributed by atoms with Gasteiger partial charge in [0.2, 0.25) is 5.28 Å². The maximum atomic E-state index is 12.6. The lowest BCUT2D eigenvalue weighted by atomic mass is 10.2. The van der Waals surface area contributed by atoms with E-state index in [1.165, 1.54) is 0 Å². The molecule has 0 saturated carbocycles. The van der Waals surface area contributed by atoms with Gasteiger partial charge in [0.25, 0.3) is 5.92 Å². The summed E-state index contributed by atoms with van der Waals surface area (Å²) >= 11 is 10.7. The van der Waals surface area contributed by atoms with Crippen molar-refractivity contribution in [2.24, 2.45) is 0 Å². The van der Waals surface area contributed by atoms with Crippen molar-refractivity contribution in [1.82, 2.24) is 9.97 Å². The molecule has 0 aliphatic heterocycles. The zero-order valence-corrected chi connectivity index (χ0v) is 7.50. The van der Waals surface area contributed by atoms with Crippen LogP contribution in [0.2, 0.25) is 10.4 Å². The Balaban J connectivity index is 3.19. The lowest BCUT2D eigenvalue weighted by Gasteiger charge is -2.10. The Kier molecular flexibility index (Phi) is 2.49. The minimum absolute atomic E-state index is 0.145. The third-order valence-corrected chi connectivity index (χ3v) is 1.66. The van der Waals surface area contributed by atoms with Crippen LogP contribution < -0.4 is 0 Å². The molecule has 0 aliphatic carbocycles. The molecule has 6 heteroatoms. The van der Waals surface area contributed by atoms with Crippen molar-refractivity contribution in [1.29, 1.82) is 0 Å². The van der Waals surface area contributed by atoms with E-state index >= 15 is 0 Å². The monoisotopic (exact) mass is 212 g/mol. The number of halogens is 4. The minimum atomic E-state index is -3.04. The van der Waals surface area contributed by atoms with Gasteiger partial charge in [-0.05, 0) is 11.6 Å². The standard InChI is InChI=1S/C6H4Cl2F2N2/c1-6(9,10)3-2-11-5(8)12-4(3)7/h2H,1H3. The summed E-state index contributed by atoms with van der Waals surface area (Å²) in [4.78, 5) is 6.78. The van der Waals surface area contributed by atoms with E-state index in [1.807, 2.05) is 0 Å². The highest BCUT2D eigenvalue weighted by atomic mass is 35.5. The average molecular weight is 213 g/mol. The fraction of sp³-hybridized carbons (Fsp3) is 0.333. The molecule has 12 heavy (non-hydrogen) atoms. The predicted octanol–water partition coefficient (Wildman–Crippen LogP) is 2.90. The van der Waals surface area contributed by atoms with Gasteiger partial charge in [-0.25, -0.2) is 18.7 Å². The van der Waals surface area contributed by atoms with Gasteiger partial charge in [-0.2, -0.15) is 0 Å². The van der Waals surface area contributed by atoms with Crippen molar-refractivity contribution < 1.29 is 8.78 Å². The smallest absolute Gasteiger partial charge is 0.226 e. The highest BCUT2D eigenvalue weighted by molar-refractivity contribution is 6.32. The Morgan fingerprint density at radius 1 is 1.42 bits per heavy atom. The van der Waals surface area contributed by atoms with Gasteiger partial charge in [-0.1, -0.05) is 11.6 Å². The van der Waals surface area contributed by atoms with Gasteiger partial charge in [-0.15, -0.1) is 0 Å². The minimum Gasteiger partial charge on any atom is -0.226 e. The SMILES string of the molecule is CC(F)(F)c1cnc(Cl)nc1Cl. The molecule has 2 nitrogen and oxygen atoms in total. The van der Waals surface area contributed by atoms with Crippen LogP contribution in [-0.2, 0) is 5.92 Å². The first-order valence-corrected chi connectivity index (χ1v) is 3.73. The summed E-state index contributed by atoms with van der Waals surface area (Å²) in [7, 11) is 0. The van der Waals surface area contributed by atoms with Crippen LogP contribution in [-0.4, -0.2) is 9.97 Å². The van der Waals surface area contributed by atoms with Gasteiger partial charge in [0, 0.05) is 13.1 Å². The van der Waals surface area contributed by atoms with Gasteiger partial charge < -0.3 is 0 Å². The van der Waals surface area contributed by atoms with E-state index in [4.69, 9.17) is 23.2 Å². The molecule has 0 aromatic carbocycles. The number of aromatic nitrogens is 2. The van der Waals surface area contributed by atoms with Gasteiger partial charge in [0.15, 0.2) is 0 Å². The average Bonchev–Trinajstić information content (AvgIpc) is 1.83. The number of nitrogens with zero attached hydrogens (tertiary/aromatic N) is 2. The molecule has 0 bridgehead atoms. The molecule has 0 radical (unpaired) electrons. The largest absolute Gasteiger partial charge is 0.274 e. The number of hydrogen-bond donors (Lipinski definition) is 0. The summed E-state index contributed by atoms with van der Waals surface area (Å²) in [5.41, 5.74) is -0.423. The zero-order chi connectivity index (χ0) is 9.35. The second-order valence-electron chi connectivity index (χ2n) is 2.23. The molecular formula is C6H4Cl2F2N2. The number of hydrogen-bond acceptors (Lipinski definition) is 2. The van der Waals surface area contributed by atoms with E-state index in [2.05, 4.69) is 9.97 Å². The molecule has 0 saturated heterocycles. The second kappa shape index (κ2) is 3.11. The van der Waals surface area contributed by atoms with Crippen LogP contribution in [0.3, 0.4) is 0 Å². The Bertz CT molecular complexity index is 298. The van der Waals surface area contributed by atoms with Crippen molar-refractivity contribution in [2.45, 2.75) is 12.8 Å². The molecular weight excluding hydrogens is 209 g/mol. The molecule has 0 aliphatic rings. The van der Waals surface area contributed by atoms with Crippen LogP contribution in [0.15, 0.2) is 6.20 Å². The third kappa shape index (κ3) is 2.01. The van der Waals surface area contributed by atoms with E-state index in [9.17, 15) is 8.78 Å². The van der Waals surface area contributed by atoms with Crippen LogP contribution >= 0.6 is 23.2 Å². The van der Waals surface area contributed by atoms with E-state index in [1.54, 1.807) is 0 Å². The van der Waals surface area contributed by atoms with E-state index in [0.717, 1.165) is 6.20 Å². The highest BCUT2D eigenvalue weighted by Gasteiger charge is 2.28. The summed E-state index contributed by atoms with van der Waals surface area (Å²) in [5.74, 6) is -3.04. The maximum Gasteiger partial charge on any atom is 0.274 e. The lowest BCUT2D eigenvalue weighted by molar-refractivity contribution is 0.0169. The van der Waals surface area contributed by atoms with Crippen LogP contribution in [0.1, 0.15) is 12.5 Å². The second-order valence-corrected chi connectivity index (χ2v) is 2.93. The van der Waals surface area contributed by atoms with Crippen molar-refractivity contribution in [3.63, 3.8) is 0 Å². The van der Waals surface area contributed by atoms with Crippen molar-refractivity contribution in [3.05, 3.63) is 22.2 Å². The van der Waals surface area contributed by atoms with Crippen LogP contribution in [0.25, 0.3) is 0 Å². The van der Waals surface area contributed by atoms with Crippen LogP contribution in [0, 0.1) is 0 Å². The van der Waals surface area contributed by atoms with Crippen molar-refractivity contribution >= 4 is 23.2 Å². The van der Waals surface area contributed by atoms with Crippen LogP contribution in [0.4, 0.5) is 8.78 Å². The van der Waals surface area contributed by atoms with Gasteiger partial charge >= 0.3 is 0 Å². The summed E-state index contributed by atoms with van der Waals surface area (Å²) in [6.07, 6.45) is 0.914. The molecule has 0 unspecified atom stereocenters. The number of alkyl halides is 2. The predicted molar refractivity (Wildman–Crippen MR) is 41.6 cm³/mol. The maximum absolute atomic E-state index is 12.6. The summed E-state index contributed by atoms with van der Waals surface area (Å²) < 4.78 is 25.3. The van der Waals surface area contributed by atoms with E-state index in [-0.39, 0.29) is 10.4 Å². The van der Waals surface area contributed by atoms with Crippen molar-refractivity contribution in [3.8, 4) is 0 Å². The fourth-order valence-corrected chi connectivity index (χ4v) is 1.11. The van der Waals surface area contributed by atoms with E-state index in [0.29, 0.717) is 6.92 Å². The quantitative estimate of drug-likeness (QED) is 0.529. The molecule has 1 aromatic heterocycles. The first-order chi connectivity index (χ1) is 5.41. The normalized spacial score (nSPS) is 11.8. The summed E-state index contributed by atoms with van der Waals surface area (Å²) in [6, 6.07) is 0. The summed E-state index contributed by atoms with van der Waals surface area (Å²) in [6.45, 7) is 0.714. The van der Waals surface area contributed by atoms with Gasteiger partial charge in [-0.3, -0.25) is 0 Å². The first kappa shape index (κ1) is 9.61. The summed E-state index contributed by atoms with van der Waals surface area (Å²) in [5, 5.41) is -0.462. The molecule has 0 N–H and O–H groups in total. The van der Waals surface area contributed by atoms with Crippen molar-refractivity contribution in [2.75, 3.05) is 0 Å². The Morgan fingerprint density at radius 3 is 2.42 bits per heavy atom. The molecule has 0 fully saturated rings. The molecule has 0 amide bonds. The van der Waals surface area contributed by atoms with Gasteiger partial charge in [0.05, 0.1) is 5.56 Å². The Morgan fingerprint density at radius 2 is 2.00 bits per heavy atom. The molecule has 66 valence electrons. The Labute approximate surface area is 77.5 Å². The van der Waals surface area contributed by atoms with Crippen LogP contribution in [0.5, 0.6) is 0 Å². The molecule has 1 rings (SSSR count). The molecule has 1 heterocycles. The fourth-order valence-electron chi connectivity index (χ4n) is 0.636. The topological polar surface area (TPSA) is 25.8 Å². The van der Waals surface area contributed by atoms with Gasteiger partial charge in [0.1, 0.15) is 5.15 Å². The molecule has 1 aromatic rings. The first-order valence-electron chi connectivity index (χ1n) is 2.97. The third-order valence-electron chi connectivity index (χ3n) is 1.19. The Hall–Kier alpha value is -0.480.